The largest absolute Gasteiger partial charge is 0.369 e. The predicted octanol–water partition coefficient (Wildman–Crippen LogP) is 0.637. The number of primary amides is 2. The van der Waals surface area contributed by atoms with Gasteiger partial charge in [-0.15, -0.1) is 0 Å². The highest BCUT2D eigenvalue weighted by Crippen LogP contribution is 2.37. The van der Waals surface area contributed by atoms with Crippen LogP contribution in [0.4, 0.5) is 0 Å². The molecule has 0 radical (unpaired) electrons. The quantitative estimate of drug-likeness (QED) is 0.814. The van der Waals surface area contributed by atoms with Gasteiger partial charge in [-0.25, -0.2) is 0 Å². The Bertz CT molecular complexity index is 534. The monoisotopic (exact) mass is 242 g/mol. The van der Waals surface area contributed by atoms with Crippen LogP contribution in [0.5, 0.6) is 0 Å². The molecule has 4 N–H and O–H groups in total. The van der Waals surface area contributed by atoms with E-state index in [0.717, 1.165) is 0 Å². The van der Waals surface area contributed by atoms with E-state index in [1.807, 2.05) is 6.07 Å². The van der Waals surface area contributed by atoms with Crippen molar-refractivity contribution in [1.29, 1.82) is 0 Å². The molecule has 0 saturated carbocycles. The maximum absolute atomic E-state index is 11.9. The summed E-state index contributed by atoms with van der Waals surface area (Å²) in [6, 6.07) is 8.96. The van der Waals surface area contributed by atoms with Gasteiger partial charge in [0.1, 0.15) is 5.41 Å². The number of carbonyl (C=O) groups is 2. The van der Waals surface area contributed by atoms with Crippen molar-refractivity contribution >= 4 is 11.8 Å². The fourth-order valence-electron chi connectivity index (χ4n) is 2.32. The molecule has 2 rings (SSSR count). The Hall–Kier alpha value is -2.36. The van der Waals surface area contributed by atoms with Crippen LogP contribution in [-0.2, 0) is 15.0 Å². The van der Waals surface area contributed by atoms with Gasteiger partial charge < -0.3 is 11.5 Å². The molecule has 1 aliphatic carbocycles. The zero-order valence-corrected chi connectivity index (χ0v) is 9.74. The SMILES string of the molecule is NC(=O)C1C=CC=CC1(C(N)=O)c1ccccc1. The number of amides is 2. The molecule has 4 nitrogen and oxygen atoms in total. The first kappa shape index (κ1) is 12.1. The van der Waals surface area contributed by atoms with Crippen LogP contribution >= 0.6 is 0 Å². The van der Waals surface area contributed by atoms with Gasteiger partial charge in [0.05, 0.1) is 5.92 Å². The minimum absolute atomic E-state index is 0.571. The lowest BCUT2D eigenvalue weighted by Gasteiger charge is -2.34. The maximum Gasteiger partial charge on any atom is 0.233 e. The van der Waals surface area contributed by atoms with Gasteiger partial charge in [-0.2, -0.15) is 0 Å². The Morgan fingerprint density at radius 1 is 1.06 bits per heavy atom. The third-order valence-electron chi connectivity index (χ3n) is 3.23. The topological polar surface area (TPSA) is 86.2 Å². The van der Waals surface area contributed by atoms with E-state index in [1.54, 1.807) is 48.6 Å². The molecule has 2 unspecified atom stereocenters. The Balaban J connectivity index is 2.64. The van der Waals surface area contributed by atoms with Gasteiger partial charge in [0.25, 0.3) is 0 Å². The summed E-state index contributed by atoms with van der Waals surface area (Å²) in [6.45, 7) is 0. The standard InChI is InChI=1S/C14H14N2O2/c15-12(17)11-8-4-5-9-14(11,13(16)18)10-6-2-1-3-7-10/h1-9,11H,(H2,15,17)(H2,16,18). The van der Waals surface area contributed by atoms with Crippen molar-refractivity contribution < 1.29 is 9.59 Å². The van der Waals surface area contributed by atoms with Crippen LogP contribution in [0, 0.1) is 5.92 Å². The molecule has 1 aromatic carbocycles. The van der Waals surface area contributed by atoms with Gasteiger partial charge in [0.15, 0.2) is 0 Å². The van der Waals surface area contributed by atoms with Crippen molar-refractivity contribution in [3.63, 3.8) is 0 Å². The van der Waals surface area contributed by atoms with Crippen LogP contribution in [0.15, 0.2) is 54.6 Å². The summed E-state index contributed by atoms with van der Waals surface area (Å²) < 4.78 is 0. The molecule has 1 aromatic rings. The number of allylic oxidation sites excluding steroid dienone is 2. The second kappa shape index (κ2) is 4.49. The third-order valence-corrected chi connectivity index (χ3v) is 3.23. The second-order valence-corrected chi connectivity index (χ2v) is 4.22. The molecule has 0 heterocycles. The van der Waals surface area contributed by atoms with Gasteiger partial charge >= 0.3 is 0 Å². The average Bonchev–Trinajstić information content (AvgIpc) is 2.39. The summed E-state index contributed by atoms with van der Waals surface area (Å²) in [4.78, 5) is 23.5. The summed E-state index contributed by atoms with van der Waals surface area (Å²) >= 11 is 0. The van der Waals surface area contributed by atoms with E-state index < -0.39 is 23.1 Å². The van der Waals surface area contributed by atoms with E-state index in [-0.39, 0.29) is 0 Å². The van der Waals surface area contributed by atoms with Crippen LogP contribution in [0.25, 0.3) is 0 Å². The zero-order chi connectivity index (χ0) is 13.2. The third kappa shape index (κ3) is 1.72. The molecule has 92 valence electrons. The molecule has 18 heavy (non-hydrogen) atoms. The second-order valence-electron chi connectivity index (χ2n) is 4.22. The molecular weight excluding hydrogens is 228 g/mol. The van der Waals surface area contributed by atoms with Gasteiger partial charge in [0, 0.05) is 0 Å². The Morgan fingerprint density at radius 3 is 2.28 bits per heavy atom. The number of carbonyl (C=O) groups excluding carboxylic acids is 2. The number of rotatable bonds is 3. The smallest absolute Gasteiger partial charge is 0.233 e. The van der Waals surface area contributed by atoms with Gasteiger partial charge in [-0.05, 0) is 5.56 Å². The van der Waals surface area contributed by atoms with E-state index in [2.05, 4.69) is 0 Å². The maximum atomic E-state index is 11.9. The van der Waals surface area contributed by atoms with Crippen molar-refractivity contribution in [1.82, 2.24) is 0 Å². The minimum atomic E-state index is -1.19. The normalized spacial score (nSPS) is 25.9. The fraction of sp³-hybridized carbons (Fsp3) is 0.143. The molecule has 2 amide bonds. The number of hydrogen-bond acceptors (Lipinski definition) is 2. The lowest BCUT2D eigenvalue weighted by molar-refractivity contribution is -0.130. The van der Waals surface area contributed by atoms with Crippen molar-refractivity contribution in [3.05, 3.63) is 60.2 Å². The van der Waals surface area contributed by atoms with Crippen LogP contribution in [0.3, 0.4) is 0 Å². The van der Waals surface area contributed by atoms with Gasteiger partial charge in [-0.3, -0.25) is 9.59 Å². The predicted molar refractivity (Wildman–Crippen MR) is 68.3 cm³/mol. The highest BCUT2D eigenvalue weighted by atomic mass is 16.2. The minimum Gasteiger partial charge on any atom is -0.369 e. The number of nitrogens with two attached hydrogens (primary N) is 2. The molecule has 1 aliphatic rings. The van der Waals surface area contributed by atoms with E-state index >= 15 is 0 Å². The zero-order valence-electron chi connectivity index (χ0n) is 9.74. The van der Waals surface area contributed by atoms with Crippen molar-refractivity contribution in [2.24, 2.45) is 17.4 Å². The van der Waals surface area contributed by atoms with Gasteiger partial charge in [-0.1, -0.05) is 54.6 Å². The summed E-state index contributed by atoms with van der Waals surface area (Å²) in [5, 5.41) is 0. The Kier molecular flexibility index (Phi) is 3.02. The molecule has 0 aromatic heterocycles. The molecule has 2 atom stereocenters. The van der Waals surface area contributed by atoms with Crippen molar-refractivity contribution in [3.8, 4) is 0 Å². The molecule has 4 heteroatoms. The summed E-state index contributed by atoms with van der Waals surface area (Å²) in [7, 11) is 0. The molecule has 0 spiro atoms. The summed E-state index contributed by atoms with van der Waals surface area (Å²) in [5.74, 6) is -1.92. The van der Waals surface area contributed by atoms with E-state index in [1.165, 1.54) is 0 Å². The van der Waals surface area contributed by atoms with Crippen molar-refractivity contribution in [2.75, 3.05) is 0 Å². The first-order valence-electron chi connectivity index (χ1n) is 5.60. The Morgan fingerprint density at radius 2 is 1.72 bits per heavy atom. The van der Waals surface area contributed by atoms with Crippen LogP contribution in [0.1, 0.15) is 5.56 Å². The summed E-state index contributed by atoms with van der Waals surface area (Å²) in [5.41, 5.74) is 10.4. The molecule has 0 fully saturated rings. The first-order chi connectivity index (χ1) is 8.59. The van der Waals surface area contributed by atoms with E-state index in [0.29, 0.717) is 5.56 Å². The molecular formula is C14H14N2O2. The molecule has 0 bridgehead atoms. The highest BCUT2D eigenvalue weighted by molar-refractivity contribution is 5.97. The van der Waals surface area contributed by atoms with E-state index in [4.69, 9.17) is 11.5 Å². The first-order valence-corrected chi connectivity index (χ1v) is 5.60. The molecule has 0 aliphatic heterocycles. The van der Waals surface area contributed by atoms with Gasteiger partial charge in [0.2, 0.25) is 11.8 Å². The van der Waals surface area contributed by atoms with Crippen LogP contribution in [0.2, 0.25) is 0 Å². The number of hydrogen-bond donors (Lipinski definition) is 2. The number of benzene rings is 1. The van der Waals surface area contributed by atoms with Crippen molar-refractivity contribution in [2.45, 2.75) is 5.41 Å². The van der Waals surface area contributed by atoms with Crippen LogP contribution in [-0.4, -0.2) is 11.8 Å². The fourth-order valence-corrected chi connectivity index (χ4v) is 2.32. The molecule has 0 saturated heterocycles. The average molecular weight is 242 g/mol. The highest BCUT2D eigenvalue weighted by Gasteiger charge is 2.46. The van der Waals surface area contributed by atoms with E-state index in [9.17, 15) is 9.59 Å². The lowest BCUT2D eigenvalue weighted by Crippen LogP contribution is -2.50. The van der Waals surface area contributed by atoms with Crippen LogP contribution < -0.4 is 11.5 Å². The Labute approximate surface area is 105 Å². The lowest BCUT2D eigenvalue weighted by atomic mass is 9.67. The summed E-state index contributed by atoms with van der Waals surface area (Å²) in [6.07, 6.45) is 6.65.